The molecule has 1 saturated heterocycles. The fourth-order valence-corrected chi connectivity index (χ4v) is 3.74. The fourth-order valence-electron chi connectivity index (χ4n) is 3.74. The van der Waals surface area contributed by atoms with Gasteiger partial charge in [-0.2, -0.15) is 0 Å². The molecule has 1 aliphatic heterocycles. The van der Waals surface area contributed by atoms with E-state index in [0.717, 1.165) is 31.4 Å². The predicted octanol–water partition coefficient (Wildman–Crippen LogP) is 3.17. The van der Waals surface area contributed by atoms with Crippen LogP contribution in [0.25, 0.3) is 0 Å². The number of esters is 1. The van der Waals surface area contributed by atoms with E-state index in [1.54, 1.807) is 29.2 Å². The summed E-state index contributed by atoms with van der Waals surface area (Å²) in [4.78, 5) is 39.2. The van der Waals surface area contributed by atoms with Gasteiger partial charge in [0.2, 0.25) is 5.91 Å². The number of amides is 2. The second kappa shape index (κ2) is 9.11. The number of rotatable bonds is 6. The summed E-state index contributed by atoms with van der Waals surface area (Å²) in [5, 5.41) is 2.87. The number of likely N-dealkylation sites (tertiary alicyclic amines) is 1. The lowest BCUT2D eigenvalue weighted by molar-refractivity contribution is -0.143. The average molecular weight is 406 g/mol. The van der Waals surface area contributed by atoms with Crippen LogP contribution in [0.5, 0.6) is 5.75 Å². The van der Waals surface area contributed by atoms with Gasteiger partial charge in [-0.15, -0.1) is 0 Å². The SMILES string of the molecule is O=C(NCc1ccccc1)c1cccc(OC(=O)C2CCCN(C(=O)C3CC3)C2)c1. The normalized spacial score (nSPS) is 18.5. The first-order valence-electron chi connectivity index (χ1n) is 10.5. The first-order valence-corrected chi connectivity index (χ1v) is 10.5. The average Bonchev–Trinajstić information content (AvgIpc) is 3.63. The second-order valence-corrected chi connectivity index (χ2v) is 8.01. The molecule has 0 spiro atoms. The highest BCUT2D eigenvalue weighted by Gasteiger charge is 2.37. The Kier molecular flexibility index (Phi) is 6.12. The molecule has 2 aliphatic rings. The number of benzene rings is 2. The smallest absolute Gasteiger partial charge is 0.316 e. The van der Waals surface area contributed by atoms with Crippen LogP contribution in [0.2, 0.25) is 0 Å². The van der Waals surface area contributed by atoms with Gasteiger partial charge in [-0.1, -0.05) is 36.4 Å². The van der Waals surface area contributed by atoms with Gasteiger partial charge in [-0.05, 0) is 49.4 Å². The zero-order valence-electron chi connectivity index (χ0n) is 16.9. The maximum absolute atomic E-state index is 12.7. The molecule has 1 unspecified atom stereocenters. The molecular formula is C24H26N2O4. The van der Waals surface area contributed by atoms with Gasteiger partial charge in [0.15, 0.2) is 0 Å². The molecule has 2 fully saturated rings. The molecule has 6 heteroatoms. The van der Waals surface area contributed by atoms with Crippen LogP contribution < -0.4 is 10.1 Å². The summed E-state index contributed by atoms with van der Waals surface area (Å²) in [5.41, 5.74) is 1.45. The molecule has 30 heavy (non-hydrogen) atoms. The van der Waals surface area contributed by atoms with Crippen LogP contribution in [-0.2, 0) is 16.1 Å². The van der Waals surface area contributed by atoms with Crippen molar-refractivity contribution in [2.24, 2.45) is 11.8 Å². The Balaban J connectivity index is 1.33. The molecule has 1 saturated carbocycles. The summed E-state index contributed by atoms with van der Waals surface area (Å²) in [6.07, 6.45) is 3.44. The van der Waals surface area contributed by atoms with Gasteiger partial charge in [-0.3, -0.25) is 14.4 Å². The molecular weight excluding hydrogens is 380 g/mol. The van der Waals surface area contributed by atoms with Crippen molar-refractivity contribution in [3.05, 3.63) is 65.7 Å². The summed E-state index contributed by atoms with van der Waals surface area (Å²) in [7, 11) is 0. The van der Waals surface area contributed by atoms with E-state index < -0.39 is 0 Å². The Labute approximate surface area is 176 Å². The van der Waals surface area contributed by atoms with Crippen LogP contribution in [0.4, 0.5) is 0 Å². The highest BCUT2D eigenvalue weighted by molar-refractivity contribution is 5.94. The van der Waals surface area contributed by atoms with E-state index in [-0.39, 0.29) is 29.6 Å². The van der Waals surface area contributed by atoms with Crippen molar-refractivity contribution < 1.29 is 19.1 Å². The highest BCUT2D eigenvalue weighted by Crippen LogP contribution is 2.32. The molecule has 2 aromatic carbocycles. The molecule has 1 heterocycles. The number of nitrogens with one attached hydrogen (secondary N) is 1. The maximum atomic E-state index is 12.7. The molecule has 1 N–H and O–H groups in total. The molecule has 156 valence electrons. The second-order valence-electron chi connectivity index (χ2n) is 8.01. The van der Waals surface area contributed by atoms with Crippen molar-refractivity contribution in [1.82, 2.24) is 10.2 Å². The zero-order valence-corrected chi connectivity index (χ0v) is 16.9. The number of nitrogens with zero attached hydrogens (tertiary/aromatic N) is 1. The van der Waals surface area contributed by atoms with Crippen molar-refractivity contribution in [2.75, 3.05) is 13.1 Å². The van der Waals surface area contributed by atoms with Crippen LogP contribution in [0.15, 0.2) is 54.6 Å². The molecule has 1 atom stereocenters. The number of ether oxygens (including phenoxy) is 1. The standard InChI is InChI=1S/C24H26N2O4/c27-22(25-15-17-6-2-1-3-7-17)19-8-4-10-21(14-19)30-24(29)20-9-5-13-26(16-20)23(28)18-11-12-18/h1-4,6-8,10,14,18,20H,5,9,11-13,15-16H2,(H,25,27). The lowest BCUT2D eigenvalue weighted by atomic mass is 9.98. The van der Waals surface area contributed by atoms with Crippen LogP contribution >= 0.6 is 0 Å². The van der Waals surface area contributed by atoms with E-state index in [4.69, 9.17) is 4.74 Å². The number of carbonyl (C=O) groups excluding carboxylic acids is 3. The van der Waals surface area contributed by atoms with Gasteiger partial charge in [0.25, 0.3) is 5.91 Å². The largest absolute Gasteiger partial charge is 0.426 e. The van der Waals surface area contributed by atoms with E-state index in [0.29, 0.717) is 30.8 Å². The van der Waals surface area contributed by atoms with E-state index in [1.165, 1.54) is 0 Å². The molecule has 0 bridgehead atoms. The van der Waals surface area contributed by atoms with E-state index in [9.17, 15) is 14.4 Å². The summed E-state index contributed by atoms with van der Waals surface area (Å²) in [6, 6.07) is 16.3. The first-order chi connectivity index (χ1) is 14.6. The van der Waals surface area contributed by atoms with Crippen molar-refractivity contribution >= 4 is 17.8 Å². The number of hydrogen-bond acceptors (Lipinski definition) is 4. The van der Waals surface area contributed by atoms with Crippen molar-refractivity contribution in [3.63, 3.8) is 0 Å². The monoisotopic (exact) mass is 406 g/mol. The Bertz CT molecular complexity index is 924. The molecule has 0 radical (unpaired) electrons. The van der Waals surface area contributed by atoms with Crippen LogP contribution in [0.3, 0.4) is 0 Å². The van der Waals surface area contributed by atoms with Gasteiger partial charge < -0.3 is 15.0 Å². The van der Waals surface area contributed by atoms with Gasteiger partial charge in [0.1, 0.15) is 5.75 Å². The number of piperidine rings is 1. The Morgan fingerprint density at radius 2 is 1.77 bits per heavy atom. The van der Waals surface area contributed by atoms with Crippen LogP contribution in [-0.4, -0.2) is 35.8 Å². The molecule has 0 aromatic heterocycles. The summed E-state index contributed by atoms with van der Waals surface area (Å²) < 4.78 is 5.55. The van der Waals surface area contributed by atoms with E-state index in [1.807, 2.05) is 30.3 Å². The first kappa shape index (κ1) is 20.1. The Morgan fingerprint density at radius 1 is 0.967 bits per heavy atom. The van der Waals surface area contributed by atoms with E-state index in [2.05, 4.69) is 5.32 Å². The van der Waals surface area contributed by atoms with Crippen molar-refractivity contribution in [3.8, 4) is 5.75 Å². The van der Waals surface area contributed by atoms with Crippen molar-refractivity contribution in [2.45, 2.75) is 32.2 Å². The fraction of sp³-hybridized carbons (Fsp3) is 0.375. The maximum Gasteiger partial charge on any atom is 0.316 e. The van der Waals surface area contributed by atoms with Crippen LogP contribution in [0.1, 0.15) is 41.6 Å². The molecule has 6 nitrogen and oxygen atoms in total. The third-order valence-corrected chi connectivity index (χ3v) is 5.60. The molecule has 4 rings (SSSR count). The molecule has 2 amide bonds. The van der Waals surface area contributed by atoms with Crippen molar-refractivity contribution in [1.29, 1.82) is 0 Å². The molecule has 1 aliphatic carbocycles. The molecule has 2 aromatic rings. The Hall–Kier alpha value is -3.15. The van der Waals surface area contributed by atoms with E-state index >= 15 is 0 Å². The minimum Gasteiger partial charge on any atom is -0.426 e. The lowest BCUT2D eigenvalue weighted by Crippen LogP contribution is -2.44. The van der Waals surface area contributed by atoms with Gasteiger partial charge in [-0.25, -0.2) is 0 Å². The number of carbonyl (C=O) groups is 3. The van der Waals surface area contributed by atoms with Gasteiger partial charge >= 0.3 is 5.97 Å². The third-order valence-electron chi connectivity index (χ3n) is 5.60. The third kappa shape index (κ3) is 5.06. The zero-order chi connectivity index (χ0) is 20.9. The topological polar surface area (TPSA) is 75.7 Å². The van der Waals surface area contributed by atoms with Crippen LogP contribution in [0, 0.1) is 11.8 Å². The number of hydrogen-bond donors (Lipinski definition) is 1. The van der Waals surface area contributed by atoms with Gasteiger partial charge in [0, 0.05) is 31.1 Å². The summed E-state index contributed by atoms with van der Waals surface area (Å²) in [6.45, 7) is 1.57. The quantitative estimate of drug-likeness (QED) is 0.591. The minimum absolute atomic E-state index is 0.158. The summed E-state index contributed by atoms with van der Waals surface area (Å²) >= 11 is 0. The minimum atomic E-state index is -0.342. The lowest BCUT2D eigenvalue weighted by Gasteiger charge is -2.31. The Morgan fingerprint density at radius 3 is 2.53 bits per heavy atom. The predicted molar refractivity (Wildman–Crippen MR) is 112 cm³/mol. The highest BCUT2D eigenvalue weighted by atomic mass is 16.5. The summed E-state index contributed by atoms with van der Waals surface area (Å²) in [5.74, 6) is -0.216. The van der Waals surface area contributed by atoms with Gasteiger partial charge in [0.05, 0.1) is 5.92 Å².